The molecule has 0 saturated carbocycles. The van der Waals surface area contributed by atoms with Gasteiger partial charge in [-0.05, 0) is 28.4 Å². The molecule has 0 heterocycles. The van der Waals surface area contributed by atoms with Crippen molar-refractivity contribution in [1.82, 2.24) is 0 Å². The summed E-state index contributed by atoms with van der Waals surface area (Å²) < 4.78 is 1.42. The van der Waals surface area contributed by atoms with Crippen LogP contribution in [0.1, 0.15) is 86.1 Å². The zero-order valence-electron chi connectivity index (χ0n) is 30.7. The van der Waals surface area contributed by atoms with E-state index < -0.39 is 0 Å². The maximum absolute atomic E-state index is 3.67. The van der Waals surface area contributed by atoms with Crippen LogP contribution in [0.3, 0.4) is 0 Å². The Balaban J connectivity index is 0.000000206. The molecule has 0 atom stereocenters. The van der Waals surface area contributed by atoms with Crippen LogP contribution in [-0.2, 0) is 41.5 Å². The molecule has 6 aromatic carbocycles. The third kappa shape index (κ3) is 10.4. The summed E-state index contributed by atoms with van der Waals surface area (Å²) in [5.74, 6) is 0. The molecule has 0 fully saturated rings. The third-order valence-electron chi connectivity index (χ3n) is 8.91. The zero-order valence-corrected chi connectivity index (χ0v) is 34.6. The van der Waals surface area contributed by atoms with Gasteiger partial charge in [0.15, 0.2) is 0 Å². The summed E-state index contributed by atoms with van der Waals surface area (Å²) in [5.41, 5.74) is 16.7. The number of aryl methyl sites for hydroxylation is 2. The molecule has 0 bridgehead atoms. The Morgan fingerprint density at radius 2 is 1.12 bits per heavy atom. The van der Waals surface area contributed by atoms with Gasteiger partial charge < -0.3 is 24.8 Å². The van der Waals surface area contributed by atoms with E-state index >= 15 is 0 Å². The van der Waals surface area contributed by atoms with Crippen molar-refractivity contribution >= 4 is 3.21 Å². The quantitative estimate of drug-likeness (QED) is 0.189. The molecule has 50 heavy (non-hydrogen) atoms. The molecule has 6 aromatic rings. The first-order valence-corrected chi connectivity index (χ1v) is 18.2. The van der Waals surface area contributed by atoms with Gasteiger partial charge >= 0.3 is 99.2 Å². The van der Waals surface area contributed by atoms with Crippen LogP contribution in [0.5, 0.6) is 0 Å². The molecule has 1 aliphatic carbocycles. The summed E-state index contributed by atoms with van der Waals surface area (Å²) >= 11 is 1.46. The Labute approximate surface area is 328 Å². The molecule has 0 spiro atoms. The molecule has 0 aliphatic heterocycles. The summed E-state index contributed by atoms with van der Waals surface area (Å²) in [6.07, 6.45) is 1.03. The van der Waals surface area contributed by atoms with Crippen molar-refractivity contribution in [3.63, 3.8) is 0 Å². The summed E-state index contributed by atoms with van der Waals surface area (Å²) in [7, 11) is 0. The molecule has 0 nitrogen and oxygen atoms in total. The van der Waals surface area contributed by atoms with E-state index in [1.54, 1.807) is 0 Å². The molecule has 7 rings (SSSR count). The van der Waals surface area contributed by atoms with Crippen molar-refractivity contribution in [2.75, 3.05) is 0 Å². The Bertz CT molecular complexity index is 1870. The monoisotopic (exact) mass is 772 g/mol. The van der Waals surface area contributed by atoms with Crippen molar-refractivity contribution in [1.29, 1.82) is 0 Å². The van der Waals surface area contributed by atoms with Gasteiger partial charge in [-0.25, -0.2) is 6.07 Å². The third-order valence-corrected chi connectivity index (χ3v) is 10.3. The Kier molecular flexibility index (Phi) is 14.7. The van der Waals surface area contributed by atoms with Gasteiger partial charge in [0, 0.05) is 0 Å². The van der Waals surface area contributed by atoms with Crippen LogP contribution in [-0.4, -0.2) is 3.21 Å². The number of hydrogen-bond acceptors (Lipinski definition) is 0. The minimum absolute atomic E-state index is 0. The SMILES string of the molecule is CC(C)(C)c1[c-]c2c(cc1)-c1ccc(C(C)(C)C)cc1C2.Cc1cc(-c2ccccc2)c(C)[cH-]1.[Cl-].[Cl-].[Zr+2]=[C](c1ccccc1)c1ccccc1. The van der Waals surface area contributed by atoms with Crippen molar-refractivity contribution < 1.29 is 49.0 Å². The van der Waals surface area contributed by atoms with Crippen LogP contribution in [0.4, 0.5) is 0 Å². The van der Waals surface area contributed by atoms with E-state index in [9.17, 15) is 0 Å². The minimum atomic E-state index is 0. The predicted molar refractivity (Wildman–Crippen MR) is 204 cm³/mol. The summed E-state index contributed by atoms with van der Waals surface area (Å²) in [4.78, 5) is 0. The van der Waals surface area contributed by atoms with Crippen molar-refractivity contribution in [3.8, 4) is 22.3 Å². The van der Waals surface area contributed by atoms with E-state index in [4.69, 9.17) is 0 Å². The average molecular weight is 775 g/mol. The Morgan fingerprint density at radius 3 is 1.60 bits per heavy atom. The molecule has 0 unspecified atom stereocenters. The Morgan fingerprint density at radius 1 is 0.600 bits per heavy atom. The topological polar surface area (TPSA) is 0 Å². The van der Waals surface area contributed by atoms with Crippen LogP contribution in [0.15, 0.2) is 133 Å². The van der Waals surface area contributed by atoms with E-state index in [2.05, 4.69) is 195 Å². The van der Waals surface area contributed by atoms with Crippen molar-refractivity contribution in [2.24, 2.45) is 0 Å². The van der Waals surface area contributed by atoms with E-state index in [0.29, 0.717) is 0 Å². The second-order valence-electron chi connectivity index (χ2n) is 14.9. The fourth-order valence-corrected chi connectivity index (χ4v) is 6.95. The fraction of sp³-hybridized carbons (Fsp3) is 0.234. The molecule has 0 amide bonds. The van der Waals surface area contributed by atoms with Gasteiger partial charge in [0.2, 0.25) is 0 Å². The van der Waals surface area contributed by atoms with Crippen molar-refractivity contribution in [2.45, 2.75) is 72.6 Å². The first-order valence-electron chi connectivity index (χ1n) is 17.0. The normalized spacial score (nSPS) is 11.3. The zero-order chi connectivity index (χ0) is 34.5. The second-order valence-corrected chi connectivity index (χ2v) is 16.1. The van der Waals surface area contributed by atoms with E-state index in [0.717, 1.165) is 6.42 Å². The molecule has 3 heteroatoms. The molecule has 0 N–H and O–H groups in total. The van der Waals surface area contributed by atoms with Crippen LogP contribution >= 0.6 is 0 Å². The molecular formula is C47H48Cl2Zr-2. The van der Waals surface area contributed by atoms with Crippen LogP contribution < -0.4 is 24.8 Å². The Hall–Kier alpha value is -3.22. The van der Waals surface area contributed by atoms with Gasteiger partial charge in [-0.2, -0.15) is 46.5 Å². The molecule has 0 aromatic heterocycles. The number of halogens is 2. The number of rotatable bonds is 3. The van der Waals surface area contributed by atoms with Crippen molar-refractivity contribution in [3.05, 3.63) is 184 Å². The van der Waals surface area contributed by atoms with E-state index in [1.807, 2.05) is 0 Å². The first-order chi connectivity index (χ1) is 22.8. The van der Waals surface area contributed by atoms with Crippen LogP contribution in [0.2, 0.25) is 0 Å². The number of hydrogen-bond donors (Lipinski definition) is 0. The average Bonchev–Trinajstić information content (AvgIpc) is 3.63. The van der Waals surface area contributed by atoms with Crippen LogP contribution in [0.25, 0.3) is 22.3 Å². The van der Waals surface area contributed by atoms with Gasteiger partial charge in [-0.3, -0.25) is 0 Å². The summed E-state index contributed by atoms with van der Waals surface area (Å²) in [5, 5.41) is 0. The van der Waals surface area contributed by atoms with Gasteiger partial charge in [0.05, 0.1) is 0 Å². The summed E-state index contributed by atoms with van der Waals surface area (Å²) in [6.45, 7) is 17.9. The van der Waals surface area contributed by atoms with Gasteiger partial charge in [0.25, 0.3) is 0 Å². The molecule has 256 valence electrons. The van der Waals surface area contributed by atoms with Gasteiger partial charge in [-0.1, -0.05) is 115 Å². The number of fused-ring (bicyclic) bond motifs is 3. The molecule has 1 aliphatic rings. The maximum atomic E-state index is 3.67. The first kappa shape index (κ1) is 41.2. The number of benzene rings is 5. The standard InChI is InChI=1S/C21H25.C13H13.C13H10.2ClH.Zr/c1-20(2,3)16-7-9-18-14(12-16)11-15-13-17(21(4,5)6)8-10-19(15)18;1-10-8-11(2)13(9-10)12-6-4-3-5-7-12;1-3-7-12(8-4-1)11-13-9-5-2-6-10-13;;;/h7-10,12H,11H2,1-6H3;3-9H,1-2H3;1-10H;2*1H;/q2*-1;;;;+2/p-2. The van der Waals surface area contributed by atoms with Gasteiger partial charge in [-0.15, -0.1) is 11.1 Å². The predicted octanol–water partition coefficient (Wildman–Crippen LogP) is 6.15. The van der Waals surface area contributed by atoms with E-state index in [1.165, 1.54) is 94.2 Å². The fourth-order valence-electron chi connectivity index (χ4n) is 6.14. The van der Waals surface area contributed by atoms with Crippen LogP contribution in [0, 0.1) is 19.9 Å². The second kappa shape index (κ2) is 17.8. The molecule has 0 saturated heterocycles. The van der Waals surface area contributed by atoms with E-state index in [-0.39, 0.29) is 35.6 Å². The summed E-state index contributed by atoms with van der Waals surface area (Å²) in [6, 6.07) is 51.3. The molecule has 0 radical (unpaired) electrons. The van der Waals surface area contributed by atoms with Gasteiger partial charge in [0.1, 0.15) is 0 Å². The molecular weight excluding hydrogens is 727 g/mol.